The molecule has 0 aliphatic carbocycles. The lowest BCUT2D eigenvalue weighted by atomic mass is 10.1. The van der Waals surface area contributed by atoms with Gasteiger partial charge < -0.3 is 0 Å². The third-order valence-corrected chi connectivity index (χ3v) is 3.87. The third-order valence-electron chi connectivity index (χ3n) is 2.70. The molecule has 1 aromatic heterocycles. The quantitative estimate of drug-likeness (QED) is 0.673. The molecule has 1 N–H and O–H groups in total. The number of nitrogens with one attached hydrogen (secondary N) is 1. The highest BCUT2D eigenvalue weighted by atomic mass is 32.1. The number of carbonyl (C=O) groups excluding carboxylic acids is 1. The first kappa shape index (κ1) is 13.5. The molecule has 2 aromatic rings. The van der Waals surface area contributed by atoms with Gasteiger partial charge in [0, 0.05) is 15.3 Å². The molecule has 1 aromatic carbocycles. The Labute approximate surface area is 117 Å². The first-order valence-electron chi connectivity index (χ1n) is 6.18. The van der Waals surface area contributed by atoms with Crippen molar-refractivity contribution in [1.82, 2.24) is 5.43 Å². The van der Waals surface area contributed by atoms with E-state index in [0.29, 0.717) is 5.56 Å². The Balaban J connectivity index is 1.94. The molecule has 0 radical (unpaired) electrons. The van der Waals surface area contributed by atoms with Crippen LogP contribution in [0.5, 0.6) is 0 Å². The van der Waals surface area contributed by atoms with Crippen molar-refractivity contribution in [3.8, 4) is 0 Å². The van der Waals surface area contributed by atoms with Gasteiger partial charge in [-0.05, 0) is 37.6 Å². The van der Waals surface area contributed by atoms with E-state index in [9.17, 15) is 4.79 Å². The summed E-state index contributed by atoms with van der Waals surface area (Å²) in [6.07, 6.45) is 2.70. The Hall–Kier alpha value is -1.94. The Morgan fingerprint density at radius 2 is 2.00 bits per heavy atom. The maximum atomic E-state index is 11.8. The number of hydrogen-bond acceptors (Lipinski definition) is 3. The van der Waals surface area contributed by atoms with Gasteiger partial charge in [0.25, 0.3) is 5.91 Å². The second kappa shape index (κ2) is 6.29. The zero-order chi connectivity index (χ0) is 13.7. The minimum absolute atomic E-state index is 0.191. The summed E-state index contributed by atoms with van der Waals surface area (Å²) in [6, 6.07) is 11.5. The summed E-state index contributed by atoms with van der Waals surface area (Å²) in [5.41, 5.74) is 4.28. The van der Waals surface area contributed by atoms with Crippen LogP contribution in [-0.4, -0.2) is 12.1 Å². The number of benzene rings is 1. The minimum atomic E-state index is -0.191. The van der Waals surface area contributed by atoms with Crippen molar-refractivity contribution in [3.05, 3.63) is 57.3 Å². The number of amides is 1. The van der Waals surface area contributed by atoms with Crippen LogP contribution in [0.2, 0.25) is 0 Å². The third kappa shape index (κ3) is 3.76. The molecule has 0 spiro atoms. The highest BCUT2D eigenvalue weighted by Gasteiger charge is 2.02. The fourth-order valence-corrected chi connectivity index (χ4v) is 2.40. The van der Waals surface area contributed by atoms with Crippen molar-refractivity contribution in [3.63, 3.8) is 0 Å². The van der Waals surface area contributed by atoms with E-state index in [1.807, 2.05) is 25.1 Å². The number of carbonyl (C=O) groups is 1. The van der Waals surface area contributed by atoms with Crippen molar-refractivity contribution in [1.29, 1.82) is 0 Å². The summed E-state index contributed by atoms with van der Waals surface area (Å²) in [4.78, 5) is 14.1. The number of hydrogen-bond donors (Lipinski definition) is 1. The van der Waals surface area contributed by atoms with E-state index in [1.165, 1.54) is 4.88 Å². The molecule has 0 unspecified atom stereocenters. The predicted octanol–water partition coefficient (Wildman–Crippen LogP) is 3.38. The Bertz CT molecular complexity index is 584. The minimum Gasteiger partial charge on any atom is -0.267 e. The fraction of sp³-hybridized carbons (Fsp3) is 0.200. The lowest BCUT2D eigenvalue weighted by molar-refractivity contribution is 0.0955. The summed E-state index contributed by atoms with van der Waals surface area (Å²) in [7, 11) is 0. The van der Waals surface area contributed by atoms with Crippen LogP contribution in [-0.2, 0) is 6.42 Å². The monoisotopic (exact) mass is 272 g/mol. The zero-order valence-electron chi connectivity index (χ0n) is 11.0. The molecule has 0 saturated carbocycles. The normalized spacial score (nSPS) is 10.8. The highest BCUT2D eigenvalue weighted by Crippen LogP contribution is 2.14. The molecule has 0 fully saturated rings. The van der Waals surface area contributed by atoms with Crippen LogP contribution in [0.3, 0.4) is 0 Å². The van der Waals surface area contributed by atoms with Gasteiger partial charge in [0.1, 0.15) is 0 Å². The van der Waals surface area contributed by atoms with Crippen LogP contribution in [0.25, 0.3) is 0 Å². The molecule has 19 heavy (non-hydrogen) atoms. The van der Waals surface area contributed by atoms with Gasteiger partial charge in [-0.1, -0.05) is 24.6 Å². The molecular weight excluding hydrogens is 256 g/mol. The summed E-state index contributed by atoms with van der Waals surface area (Å²) < 4.78 is 0. The van der Waals surface area contributed by atoms with E-state index in [4.69, 9.17) is 0 Å². The Kier molecular flexibility index (Phi) is 4.47. The molecule has 0 bridgehead atoms. The second-order valence-corrected chi connectivity index (χ2v) is 5.42. The van der Waals surface area contributed by atoms with Crippen LogP contribution < -0.4 is 5.43 Å². The van der Waals surface area contributed by atoms with Crippen molar-refractivity contribution in [2.75, 3.05) is 0 Å². The van der Waals surface area contributed by atoms with E-state index in [-0.39, 0.29) is 5.91 Å². The van der Waals surface area contributed by atoms with E-state index in [2.05, 4.69) is 23.5 Å². The van der Waals surface area contributed by atoms with Gasteiger partial charge in [-0.25, -0.2) is 5.43 Å². The first-order chi connectivity index (χ1) is 9.19. The molecule has 4 heteroatoms. The van der Waals surface area contributed by atoms with Gasteiger partial charge in [0.15, 0.2) is 0 Å². The number of hydrazone groups is 1. The maximum absolute atomic E-state index is 11.8. The SMILES string of the molecule is CCc1ccc(C=NNC(=O)c2ccc(C)cc2)s1. The van der Waals surface area contributed by atoms with Crippen LogP contribution in [0.4, 0.5) is 0 Å². The molecule has 2 rings (SSSR count). The van der Waals surface area contributed by atoms with Gasteiger partial charge in [-0.3, -0.25) is 4.79 Å². The van der Waals surface area contributed by atoms with Gasteiger partial charge in [-0.15, -0.1) is 11.3 Å². The number of aryl methyl sites for hydroxylation is 2. The average Bonchev–Trinajstić information content (AvgIpc) is 2.87. The van der Waals surface area contributed by atoms with Crippen molar-refractivity contribution in [2.24, 2.45) is 5.10 Å². The van der Waals surface area contributed by atoms with Crippen LogP contribution in [0.15, 0.2) is 41.5 Å². The average molecular weight is 272 g/mol. The molecule has 0 saturated heterocycles. The highest BCUT2D eigenvalue weighted by molar-refractivity contribution is 7.13. The van der Waals surface area contributed by atoms with Crippen LogP contribution in [0.1, 0.15) is 32.6 Å². The number of thiophene rings is 1. The summed E-state index contributed by atoms with van der Waals surface area (Å²) in [6.45, 7) is 4.11. The van der Waals surface area contributed by atoms with Crippen molar-refractivity contribution in [2.45, 2.75) is 20.3 Å². The number of rotatable bonds is 4. The van der Waals surface area contributed by atoms with E-state index in [0.717, 1.165) is 16.9 Å². The standard InChI is InChI=1S/C15H16N2OS/c1-3-13-8-9-14(19-13)10-16-17-15(18)12-6-4-11(2)5-7-12/h4-10H,3H2,1-2H3,(H,17,18). The lowest BCUT2D eigenvalue weighted by Gasteiger charge is -1.99. The molecule has 1 heterocycles. The van der Waals surface area contributed by atoms with Gasteiger partial charge in [0.05, 0.1) is 6.21 Å². The largest absolute Gasteiger partial charge is 0.271 e. The molecule has 3 nitrogen and oxygen atoms in total. The Morgan fingerprint density at radius 3 is 2.63 bits per heavy atom. The van der Waals surface area contributed by atoms with Crippen molar-refractivity contribution < 1.29 is 4.79 Å². The smallest absolute Gasteiger partial charge is 0.267 e. The molecule has 0 atom stereocenters. The summed E-state index contributed by atoms with van der Waals surface area (Å²) >= 11 is 1.68. The molecule has 1 amide bonds. The second-order valence-electron chi connectivity index (χ2n) is 4.22. The summed E-state index contributed by atoms with van der Waals surface area (Å²) in [5, 5.41) is 3.97. The number of nitrogens with zero attached hydrogens (tertiary/aromatic N) is 1. The molecule has 98 valence electrons. The van der Waals surface area contributed by atoms with Crippen molar-refractivity contribution >= 4 is 23.5 Å². The van der Waals surface area contributed by atoms with Crippen LogP contribution >= 0.6 is 11.3 Å². The Morgan fingerprint density at radius 1 is 1.26 bits per heavy atom. The topological polar surface area (TPSA) is 41.5 Å². The lowest BCUT2D eigenvalue weighted by Crippen LogP contribution is -2.17. The van der Waals surface area contributed by atoms with E-state index >= 15 is 0 Å². The fourth-order valence-electron chi connectivity index (χ4n) is 1.58. The molecule has 0 aliphatic heterocycles. The molecular formula is C15H16N2OS. The van der Waals surface area contributed by atoms with Gasteiger partial charge >= 0.3 is 0 Å². The summed E-state index contributed by atoms with van der Waals surface area (Å²) in [5.74, 6) is -0.191. The zero-order valence-corrected chi connectivity index (χ0v) is 11.8. The van der Waals surface area contributed by atoms with Crippen LogP contribution in [0, 0.1) is 6.92 Å². The molecule has 0 aliphatic rings. The van der Waals surface area contributed by atoms with Gasteiger partial charge in [-0.2, -0.15) is 5.10 Å². The van der Waals surface area contributed by atoms with E-state index in [1.54, 1.807) is 29.7 Å². The van der Waals surface area contributed by atoms with Gasteiger partial charge in [0.2, 0.25) is 0 Å². The predicted molar refractivity (Wildman–Crippen MR) is 79.9 cm³/mol. The first-order valence-corrected chi connectivity index (χ1v) is 6.99. The maximum Gasteiger partial charge on any atom is 0.271 e. The van der Waals surface area contributed by atoms with E-state index < -0.39 is 0 Å².